The van der Waals surface area contributed by atoms with Crippen LogP contribution in [-0.4, -0.2) is 62.9 Å². The van der Waals surface area contributed by atoms with Crippen LogP contribution >= 0.6 is 11.6 Å². The van der Waals surface area contributed by atoms with Gasteiger partial charge in [-0.1, -0.05) is 18.5 Å². The van der Waals surface area contributed by atoms with Gasteiger partial charge in [0.15, 0.2) is 0 Å². The molecule has 3 amide bonds. The summed E-state index contributed by atoms with van der Waals surface area (Å²) in [6.07, 6.45) is 0.436. The number of urea groups is 1. The molecular weight excluding hydrogens is 444 g/mol. The van der Waals surface area contributed by atoms with Crippen molar-refractivity contribution >= 4 is 29.2 Å². The second-order valence-corrected chi connectivity index (χ2v) is 8.63. The third-order valence-electron chi connectivity index (χ3n) is 6.07. The van der Waals surface area contributed by atoms with Crippen molar-refractivity contribution in [1.82, 2.24) is 19.6 Å². The minimum absolute atomic E-state index is 0.119. The van der Waals surface area contributed by atoms with E-state index in [1.54, 1.807) is 16.6 Å². The Balaban J connectivity index is 1.58. The van der Waals surface area contributed by atoms with Crippen LogP contribution < -0.4 is 5.32 Å². The molecule has 4 rings (SSSR count). The number of nitrogens with one attached hydrogen (secondary N) is 1. The number of anilines is 1. The predicted octanol–water partition coefficient (Wildman–Crippen LogP) is 2.88. The van der Waals surface area contributed by atoms with Crippen molar-refractivity contribution in [3.8, 4) is 0 Å². The molecule has 2 N–H and O–H groups in total. The van der Waals surface area contributed by atoms with Crippen LogP contribution in [0.25, 0.3) is 0 Å². The number of aliphatic hydroxyl groups is 1. The average Bonchev–Trinajstić information content (AvgIpc) is 3.06. The Labute approximate surface area is 188 Å². The first-order valence-corrected chi connectivity index (χ1v) is 10.8. The maximum absolute atomic E-state index is 14.0. The first-order chi connectivity index (χ1) is 15.2. The number of hydrogen-bond donors (Lipinski definition) is 2. The minimum Gasteiger partial charge on any atom is -0.393 e. The number of aliphatic hydroxyl groups excluding tert-OH is 1. The molecular formula is C21H24ClF2N5O3. The van der Waals surface area contributed by atoms with Crippen LogP contribution in [0.2, 0.25) is 5.02 Å². The Hall–Kier alpha value is -2.72. The van der Waals surface area contributed by atoms with E-state index in [1.165, 1.54) is 4.90 Å². The normalized spacial score (nSPS) is 19.3. The van der Waals surface area contributed by atoms with Crippen LogP contribution in [0.1, 0.15) is 35.1 Å². The largest absolute Gasteiger partial charge is 0.393 e. The maximum Gasteiger partial charge on any atom is 0.322 e. The van der Waals surface area contributed by atoms with Crippen LogP contribution in [0, 0.1) is 17.6 Å². The number of carbonyl (C=O) groups excluding carboxylic acids is 2. The average molecular weight is 468 g/mol. The lowest BCUT2D eigenvalue weighted by Crippen LogP contribution is -2.40. The van der Waals surface area contributed by atoms with Crippen LogP contribution in [0.5, 0.6) is 0 Å². The Morgan fingerprint density at radius 1 is 1.34 bits per heavy atom. The summed E-state index contributed by atoms with van der Waals surface area (Å²) < 4.78 is 29.1. The highest BCUT2D eigenvalue weighted by Crippen LogP contribution is 2.29. The molecule has 11 heteroatoms. The van der Waals surface area contributed by atoms with Crippen LogP contribution in [-0.2, 0) is 19.5 Å². The molecule has 0 aliphatic carbocycles. The fraction of sp³-hybridized carbons (Fsp3) is 0.476. The Morgan fingerprint density at radius 2 is 2.09 bits per heavy atom. The summed E-state index contributed by atoms with van der Waals surface area (Å²) in [5.41, 5.74) is 1.55. The molecule has 0 fully saturated rings. The number of nitrogens with zero attached hydrogens (tertiary/aromatic N) is 4. The van der Waals surface area contributed by atoms with E-state index in [0.29, 0.717) is 49.8 Å². The van der Waals surface area contributed by atoms with Crippen LogP contribution in [0.4, 0.5) is 19.3 Å². The summed E-state index contributed by atoms with van der Waals surface area (Å²) in [6, 6.07) is 1.04. The lowest BCUT2D eigenvalue weighted by atomic mass is 10.0. The standard InChI is InChI=1S/C21H24ClF2N5O3/c1-3-18(30)11-8-27(2)20(31)19-12-10-28(5-4-16(12)26-29(19)9-11)21(32)25-17-6-13(22)14(23)7-15(17)24/h6-7,11,18,30H,3-5,8-10H2,1-2H3,(H,25,32)/t11-,18+/m1/s1. The first-order valence-electron chi connectivity index (χ1n) is 10.4. The van der Waals surface area contributed by atoms with Gasteiger partial charge in [-0.2, -0.15) is 5.10 Å². The summed E-state index contributed by atoms with van der Waals surface area (Å²) in [4.78, 5) is 28.8. The van der Waals surface area contributed by atoms with Gasteiger partial charge in [0.2, 0.25) is 0 Å². The SMILES string of the molecule is CC[C@H](O)[C@@H]1CN(C)C(=O)c2c3c(nn2C1)CCN(C(=O)Nc1cc(Cl)c(F)cc1F)C3. The van der Waals surface area contributed by atoms with Crippen LogP contribution in [0.3, 0.4) is 0 Å². The molecule has 2 atom stereocenters. The van der Waals surface area contributed by atoms with E-state index in [0.717, 1.165) is 11.8 Å². The quantitative estimate of drug-likeness (QED) is 0.679. The van der Waals surface area contributed by atoms with E-state index in [4.69, 9.17) is 11.6 Å². The highest BCUT2D eigenvalue weighted by atomic mass is 35.5. The lowest BCUT2D eigenvalue weighted by molar-refractivity contribution is 0.0626. The van der Waals surface area contributed by atoms with E-state index < -0.39 is 23.8 Å². The lowest BCUT2D eigenvalue weighted by Gasteiger charge is -2.28. The fourth-order valence-corrected chi connectivity index (χ4v) is 4.42. The zero-order chi connectivity index (χ0) is 23.2. The summed E-state index contributed by atoms with van der Waals surface area (Å²) in [5, 5.41) is 17.1. The fourth-order valence-electron chi connectivity index (χ4n) is 4.26. The van der Waals surface area contributed by atoms with Gasteiger partial charge in [0.1, 0.15) is 17.3 Å². The molecule has 3 heterocycles. The number of fused-ring (bicyclic) bond motifs is 3. The number of halogens is 3. The zero-order valence-electron chi connectivity index (χ0n) is 17.7. The molecule has 0 saturated carbocycles. The van der Waals surface area contributed by atoms with Crippen molar-refractivity contribution in [2.24, 2.45) is 5.92 Å². The summed E-state index contributed by atoms with van der Waals surface area (Å²) in [7, 11) is 1.68. The molecule has 0 saturated heterocycles. The Morgan fingerprint density at radius 3 is 2.81 bits per heavy atom. The molecule has 1 aromatic heterocycles. The number of carbonyl (C=O) groups is 2. The molecule has 0 spiro atoms. The minimum atomic E-state index is -0.935. The molecule has 2 aromatic rings. The van der Waals surface area contributed by atoms with E-state index in [2.05, 4.69) is 10.4 Å². The van der Waals surface area contributed by atoms with E-state index >= 15 is 0 Å². The molecule has 2 aliphatic rings. The monoisotopic (exact) mass is 467 g/mol. The number of aromatic nitrogens is 2. The highest BCUT2D eigenvalue weighted by Gasteiger charge is 2.36. The van der Waals surface area contributed by atoms with Crippen molar-refractivity contribution in [1.29, 1.82) is 0 Å². The van der Waals surface area contributed by atoms with Crippen LogP contribution in [0.15, 0.2) is 12.1 Å². The zero-order valence-corrected chi connectivity index (χ0v) is 18.5. The van der Waals surface area contributed by atoms with Gasteiger partial charge in [0.25, 0.3) is 5.91 Å². The van der Waals surface area contributed by atoms with Gasteiger partial charge < -0.3 is 20.2 Å². The van der Waals surface area contributed by atoms with Gasteiger partial charge in [-0.15, -0.1) is 0 Å². The summed E-state index contributed by atoms with van der Waals surface area (Å²) in [5.74, 6) is -2.22. The first kappa shape index (κ1) is 22.5. The third kappa shape index (κ3) is 4.04. The van der Waals surface area contributed by atoms with Gasteiger partial charge in [0.05, 0.1) is 29.1 Å². The molecule has 172 valence electrons. The molecule has 0 unspecified atom stereocenters. The third-order valence-corrected chi connectivity index (χ3v) is 6.36. The number of hydrogen-bond acceptors (Lipinski definition) is 4. The number of amides is 3. The van der Waals surface area contributed by atoms with Crippen molar-refractivity contribution in [3.63, 3.8) is 0 Å². The van der Waals surface area contributed by atoms with Gasteiger partial charge in [-0.05, 0) is 12.5 Å². The predicted molar refractivity (Wildman–Crippen MR) is 113 cm³/mol. The second kappa shape index (κ2) is 8.67. The van der Waals surface area contributed by atoms with E-state index in [1.807, 2.05) is 6.92 Å². The number of benzene rings is 1. The summed E-state index contributed by atoms with van der Waals surface area (Å²) >= 11 is 5.70. The van der Waals surface area contributed by atoms with Crippen molar-refractivity contribution in [2.45, 2.75) is 39.0 Å². The Bertz CT molecular complexity index is 1080. The molecule has 0 radical (unpaired) electrons. The van der Waals surface area contributed by atoms with Gasteiger partial charge in [-0.3, -0.25) is 9.48 Å². The maximum atomic E-state index is 14.0. The molecule has 1 aromatic carbocycles. The van der Waals surface area contributed by atoms with Gasteiger partial charge >= 0.3 is 6.03 Å². The number of rotatable bonds is 3. The van der Waals surface area contributed by atoms with Crippen molar-refractivity contribution in [2.75, 3.05) is 25.5 Å². The van der Waals surface area contributed by atoms with Crippen molar-refractivity contribution in [3.05, 3.63) is 45.7 Å². The molecule has 2 aliphatic heterocycles. The molecule has 32 heavy (non-hydrogen) atoms. The van der Waals surface area contributed by atoms with Gasteiger partial charge in [-0.25, -0.2) is 13.6 Å². The van der Waals surface area contributed by atoms with Gasteiger partial charge in [0, 0.05) is 50.7 Å². The van der Waals surface area contributed by atoms with E-state index in [-0.39, 0.29) is 29.1 Å². The second-order valence-electron chi connectivity index (χ2n) is 8.23. The molecule has 0 bridgehead atoms. The Kier molecular flexibility index (Phi) is 6.09. The summed E-state index contributed by atoms with van der Waals surface area (Å²) in [6.45, 7) is 3.13. The topological polar surface area (TPSA) is 90.7 Å². The highest BCUT2D eigenvalue weighted by molar-refractivity contribution is 6.31. The smallest absolute Gasteiger partial charge is 0.322 e. The van der Waals surface area contributed by atoms with E-state index in [9.17, 15) is 23.5 Å². The molecule has 8 nitrogen and oxygen atoms in total. The van der Waals surface area contributed by atoms with Crippen molar-refractivity contribution < 1.29 is 23.5 Å².